The molecular formula is C21H23NO5. The summed E-state index contributed by atoms with van der Waals surface area (Å²) in [6.07, 6.45) is 5.15. The Morgan fingerprint density at radius 3 is 2.41 bits per heavy atom. The highest BCUT2D eigenvalue weighted by atomic mass is 16.6. The van der Waals surface area contributed by atoms with Gasteiger partial charge in [0.2, 0.25) is 0 Å². The van der Waals surface area contributed by atoms with E-state index in [1.165, 1.54) is 19.1 Å². The molecule has 6 heteroatoms. The van der Waals surface area contributed by atoms with E-state index >= 15 is 0 Å². The van der Waals surface area contributed by atoms with Crippen molar-refractivity contribution >= 4 is 11.8 Å². The second-order valence-corrected chi connectivity index (χ2v) is 6.64. The molecule has 6 nitrogen and oxygen atoms in total. The van der Waals surface area contributed by atoms with Gasteiger partial charge in [-0.05, 0) is 51.8 Å². The summed E-state index contributed by atoms with van der Waals surface area (Å²) in [4.78, 5) is 22.3. The molecule has 0 saturated carbocycles. The zero-order chi connectivity index (χ0) is 20.1. The molecule has 1 N–H and O–H groups in total. The molecule has 1 aromatic heterocycles. The van der Waals surface area contributed by atoms with Gasteiger partial charge >= 0.3 is 0 Å². The Kier molecular flexibility index (Phi) is 6.34. The molecule has 2 rings (SSSR count). The van der Waals surface area contributed by atoms with Crippen molar-refractivity contribution in [1.82, 2.24) is 0 Å². The first kappa shape index (κ1) is 20.2. The number of hydrogen-bond donors (Lipinski definition) is 1. The van der Waals surface area contributed by atoms with Crippen molar-refractivity contribution in [2.75, 3.05) is 0 Å². The molecule has 0 aliphatic carbocycles. The highest BCUT2D eigenvalue weighted by molar-refractivity contribution is 5.57. The number of nitrogens with zero attached hydrogens (tertiary/aromatic N) is 1. The van der Waals surface area contributed by atoms with Crippen LogP contribution in [-0.4, -0.2) is 10.0 Å². The highest BCUT2D eigenvalue weighted by Crippen LogP contribution is 2.20. The van der Waals surface area contributed by atoms with Crippen LogP contribution in [-0.2, 0) is 6.42 Å². The van der Waals surface area contributed by atoms with Gasteiger partial charge in [-0.25, -0.2) is 0 Å². The lowest BCUT2D eigenvalue weighted by Gasteiger charge is -2.07. The summed E-state index contributed by atoms with van der Waals surface area (Å²) in [5.41, 5.74) is 3.60. The van der Waals surface area contributed by atoms with Crippen LogP contribution in [0.1, 0.15) is 42.7 Å². The molecule has 142 valence electrons. The van der Waals surface area contributed by atoms with Crippen LogP contribution in [0.4, 0.5) is 5.69 Å². The molecule has 0 aliphatic heterocycles. The molecule has 0 atom stereocenters. The van der Waals surface area contributed by atoms with Gasteiger partial charge in [0.15, 0.2) is 5.43 Å². The topological polar surface area (TPSA) is 93.6 Å². The van der Waals surface area contributed by atoms with Gasteiger partial charge in [0.25, 0.3) is 11.6 Å². The van der Waals surface area contributed by atoms with Crippen molar-refractivity contribution in [2.45, 2.75) is 40.5 Å². The van der Waals surface area contributed by atoms with Crippen LogP contribution in [0.25, 0.3) is 6.08 Å². The lowest BCUT2D eigenvalue weighted by Crippen LogP contribution is -2.11. The number of rotatable bonds is 6. The zero-order valence-electron chi connectivity index (χ0n) is 15.9. The first-order valence-corrected chi connectivity index (χ1v) is 8.61. The predicted molar refractivity (Wildman–Crippen MR) is 105 cm³/mol. The lowest BCUT2D eigenvalue weighted by molar-refractivity contribution is -0.384. The maximum atomic E-state index is 12.0. The Labute approximate surface area is 157 Å². The van der Waals surface area contributed by atoms with Gasteiger partial charge in [-0.2, -0.15) is 0 Å². The van der Waals surface area contributed by atoms with Crippen LogP contribution < -0.4 is 5.43 Å². The molecule has 0 unspecified atom stereocenters. The number of non-ortho nitro benzene ring substituents is 1. The molecule has 27 heavy (non-hydrogen) atoms. The molecule has 0 aliphatic rings. The Morgan fingerprint density at radius 2 is 1.81 bits per heavy atom. The van der Waals surface area contributed by atoms with Gasteiger partial charge in [-0.3, -0.25) is 14.9 Å². The Hall–Kier alpha value is -3.15. The summed E-state index contributed by atoms with van der Waals surface area (Å²) in [7, 11) is 0. The van der Waals surface area contributed by atoms with E-state index < -0.39 is 4.92 Å². The number of aromatic hydroxyl groups is 1. The average Bonchev–Trinajstić information content (AvgIpc) is 2.62. The Bertz CT molecular complexity index is 965. The summed E-state index contributed by atoms with van der Waals surface area (Å²) in [6, 6.07) is 6.37. The molecule has 1 heterocycles. The maximum Gasteiger partial charge on any atom is 0.288 e. The van der Waals surface area contributed by atoms with E-state index in [1.807, 2.05) is 26.0 Å². The van der Waals surface area contributed by atoms with Crippen molar-refractivity contribution in [3.05, 3.63) is 84.3 Å². The quantitative estimate of drug-likeness (QED) is 0.446. The fourth-order valence-electron chi connectivity index (χ4n) is 2.78. The second kappa shape index (κ2) is 8.49. The summed E-state index contributed by atoms with van der Waals surface area (Å²) < 4.78 is 5.36. The molecule has 0 bridgehead atoms. The van der Waals surface area contributed by atoms with Crippen molar-refractivity contribution < 1.29 is 14.4 Å². The van der Waals surface area contributed by atoms with Crippen molar-refractivity contribution in [3.63, 3.8) is 0 Å². The van der Waals surface area contributed by atoms with E-state index in [4.69, 9.17) is 4.42 Å². The normalized spacial score (nSPS) is 12.3. The number of allylic oxidation sites excluding steroid dienone is 3. The van der Waals surface area contributed by atoms with E-state index in [2.05, 4.69) is 0 Å². The zero-order valence-corrected chi connectivity index (χ0v) is 15.9. The highest BCUT2D eigenvalue weighted by Gasteiger charge is 2.12. The third-order valence-electron chi connectivity index (χ3n) is 4.36. The number of aryl methyl sites for hydroxylation is 1. The molecule has 0 radical (unpaired) electrons. The fourth-order valence-corrected chi connectivity index (χ4v) is 2.78. The van der Waals surface area contributed by atoms with Crippen LogP contribution in [0.2, 0.25) is 0 Å². The van der Waals surface area contributed by atoms with Gasteiger partial charge in [-0.15, -0.1) is 0 Å². The van der Waals surface area contributed by atoms with E-state index in [0.29, 0.717) is 24.2 Å². The van der Waals surface area contributed by atoms with Crippen LogP contribution >= 0.6 is 0 Å². The molecule has 1 aromatic carbocycles. The molecule has 0 saturated heterocycles. The third kappa shape index (κ3) is 5.17. The van der Waals surface area contributed by atoms with Gasteiger partial charge in [0.05, 0.1) is 10.5 Å². The van der Waals surface area contributed by atoms with Crippen molar-refractivity contribution in [3.8, 4) is 5.95 Å². The summed E-state index contributed by atoms with van der Waals surface area (Å²) in [5.74, 6) is 0.171. The van der Waals surface area contributed by atoms with Crippen molar-refractivity contribution in [2.24, 2.45) is 0 Å². The Balaban J connectivity index is 2.09. The monoisotopic (exact) mass is 369 g/mol. The second-order valence-electron chi connectivity index (χ2n) is 6.64. The summed E-state index contributed by atoms with van der Waals surface area (Å²) in [6.45, 7) is 7.17. The number of benzene rings is 1. The molecule has 0 spiro atoms. The summed E-state index contributed by atoms with van der Waals surface area (Å²) >= 11 is 0. The first-order valence-electron chi connectivity index (χ1n) is 8.61. The Morgan fingerprint density at radius 1 is 1.19 bits per heavy atom. The smallest absolute Gasteiger partial charge is 0.288 e. The van der Waals surface area contributed by atoms with Gasteiger partial charge in [-0.1, -0.05) is 23.3 Å². The molecule has 0 amide bonds. The fraction of sp³-hybridized carbons (Fsp3) is 0.286. The van der Waals surface area contributed by atoms with Gasteiger partial charge in [0.1, 0.15) is 5.76 Å². The SMILES string of the molecule is CC(=C\c1ccc([N+](=O)[O-])cc1)/C=C(\C)CCc1oc(O)c(C)c(=O)c1C. The van der Waals surface area contributed by atoms with Crippen LogP contribution in [0.5, 0.6) is 5.95 Å². The van der Waals surface area contributed by atoms with Crippen molar-refractivity contribution in [1.29, 1.82) is 0 Å². The number of nitro benzene ring substituents is 1. The standard InChI is InChI=1S/C21H23NO5/c1-13(5-10-19-15(3)20(23)16(4)21(24)27-19)11-14(2)12-17-6-8-18(9-7-17)22(25)26/h6-9,11-12,24H,5,10H2,1-4H3/b13-11+,14-12+. The number of nitro groups is 1. The first-order chi connectivity index (χ1) is 12.7. The minimum absolute atomic E-state index is 0.0646. The number of hydrogen-bond acceptors (Lipinski definition) is 5. The van der Waals surface area contributed by atoms with Crippen LogP contribution in [0, 0.1) is 24.0 Å². The largest absolute Gasteiger partial charge is 0.480 e. The summed E-state index contributed by atoms with van der Waals surface area (Å²) in [5, 5.41) is 20.4. The van der Waals surface area contributed by atoms with E-state index in [0.717, 1.165) is 16.7 Å². The molecular weight excluding hydrogens is 346 g/mol. The minimum Gasteiger partial charge on any atom is -0.480 e. The predicted octanol–water partition coefficient (Wildman–Crippen LogP) is 4.85. The molecule has 2 aromatic rings. The van der Waals surface area contributed by atoms with E-state index in [-0.39, 0.29) is 22.6 Å². The van der Waals surface area contributed by atoms with Crippen LogP contribution in [0.3, 0.4) is 0 Å². The van der Waals surface area contributed by atoms with Gasteiger partial charge < -0.3 is 9.52 Å². The average molecular weight is 369 g/mol. The van der Waals surface area contributed by atoms with Crippen LogP contribution in [0.15, 0.2) is 50.7 Å². The van der Waals surface area contributed by atoms with E-state index in [1.54, 1.807) is 19.1 Å². The minimum atomic E-state index is -0.423. The van der Waals surface area contributed by atoms with E-state index in [9.17, 15) is 20.0 Å². The maximum absolute atomic E-state index is 12.0. The van der Waals surface area contributed by atoms with Gasteiger partial charge in [0, 0.05) is 24.1 Å². The lowest BCUT2D eigenvalue weighted by atomic mass is 10.0. The molecule has 0 fully saturated rings. The third-order valence-corrected chi connectivity index (χ3v) is 4.36.